The summed E-state index contributed by atoms with van der Waals surface area (Å²) in [7, 11) is 0. The van der Waals surface area contributed by atoms with Gasteiger partial charge >= 0.3 is 0 Å². The van der Waals surface area contributed by atoms with Crippen LogP contribution in [0.4, 0.5) is 5.69 Å². The van der Waals surface area contributed by atoms with Gasteiger partial charge in [0.05, 0.1) is 31.1 Å². The van der Waals surface area contributed by atoms with Crippen LogP contribution in [0.25, 0.3) is 11.1 Å². The number of ether oxygens (including phenoxy) is 3. The lowest BCUT2D eigenvalue weighted by Crippen LogP contribution is -2.31. The van der Waals surface area contributed by atoms with Gasteiger partial charge in [0, 0.05) is 35.8 Å². The number of fused-ring (bicyclic) bond motifs is 3. The fourth-order valence-corrected chi connectivity index (χ4v) is 6.06. The molecule has 7 nitrogen and oxygen atoms in total. The maximum atomic E-state index is 13.6. The molecule has 0 aromatic heterocycles. The number of piperidine rings is 2. The Labute approximate surface area is 227 Å². The Hall–Kier alpha value is -2.77. The number of carbonyl (C=O) groups is 1. The number of ketones is 1. The number of hydrogen-bond donors (Lipinski definition) is 1. The highest BCUT2D eigenvalue weighted by Crippen LogP contribution is 2.52. The minimum atomic E-state index is -0.0917. The third-order valence-corrected chi connectivity index (χ3v) is 7.99. The van der Waals surface area contributed by atoms with E-state index in [9.17, 15) is 4.79 Å². The second-order valence-corrected chi connectivity index (χ2v) is 10.7. The molecule has 2 saturated heterocycles. The molecule has 0 atom stereocenters. The van der Waals surface area contributed by atoms with Crippen molar-refractivity contribution in [2.45, 2.75) is 58.3 Å². The van der Waals surface area contributed by atoms with E-state index in [1.54, 1.807) is 0 Å². The van der Waals surface area contributed by atoms with Crippen molar-refractivity contribution in [1.82, 2.24) is 9.80 Å². The monoisotopic (exact) mass is 521 g/mol. The lowest BCUT2D eigenvalue weighted by Gasteiger charge is -2.26. The van der Waals surface area contributed by atoms with Crippen LogP contribution in [0, 0.1) is 0 Å². The Kier molecular flexibility index (Phi) is 9.07. The quantitative estimate of drug-likeness (QED) is 0.253. The molecule has 3 aliphatic rings. The minimum Gasteiger partial charge on any atom is -0.493 e. The molecule has 0 unspecified atom stereocenters. The molecule has 2 aromatic rings. The molecule has 0 bridgehead atoms. The van der Waals surface area contributed by atoms with Gasteiger partial charge < -0.3 is 29.7 Å². The predicted octanol–water partition coefficient (Wildman–Crippen LogP) is 5.39. The van der Waals surface area contributed by atoms with Crippen molar-refractivity contribution in [1.29, 1.82) is 0 Å². The van der Waals surface area contributed by atoms with Gasteiger partial charge in [-0.05, 0) is 77.7 Å². The average Bonchev–Trinajstić information content (AvgIpc) is 3.26. The Bertz CT molecular complexity index is 1110. The molecule has 2 heterocycles. The van der Waals surface area contributed by atoms with E-state index in [-0.39, 0.29) is 5.78 Å². The first kappa shape index (κ1) is 26.8. The molecule has 0 amide bonds. The summed E-state index contributed by atoms with van der Waals surface area (Å²) in [4.78, 5) is 18.6. The molecule has 2 aliphatic heterocycles. The maximum absolute atomic E-state index is 13.6. The molecule has 206 valence electrons. The highest BCUT2D eigenvalue weighted by atomic mass is 16.5. The lowest BCUT2D eigenvalue weighted by atomic mass is 10.0. The minimum absolute atomic E-state index is 0.0917. The number of nitrogen functional groups attached to an aromatic ring is 1. The summed E-state index contributed by atoms with van der Waals surface area (Å²) in [6.07, 6.45) is 9.69. The van der Waals surface area contributed by atoms with Crippen LogP contribution in [0.1, 0.15) is 74.2 Å². The maximum Gasteiger partial charge on any atom is 0.196 e. The van der Waals surface area contributed by atoms with Gasteiger partial charge in [0.1, 0.15) is 17.2 Å². The molecule has 0 saturated carbocycles. The molecule has 1 aliphatic carbocycles. The van der Waals surface area contributed by atoms with E-state index in [4.69, 9.17) is 19.9 Å². The van der Waals surface area contributed by atoms with Crippen molar-refractivity contribution >= 4 is 11.5 Å². The van der Waals surface area contributed by atoms with Gasteiger partial charge in [-0.15, -0.1) is 0 Å². The predicted molar refractivity (Wildman–Crippen MR) is 152 cm³/mol. The van der Waals surface area contributed by atoms with Crippen LogP contribution in [0.5, 0.6) is 17.2 Å². The molecular weight excluding hydrogens is 478 g/mol. The van der Waals surface area contributed by atoms with E-state index in [0.717, 1.165) is 37.1 Å². The number of benzene rings is 2. The van der Waals surface area contributed by atoms with Crippen molar-refractivity contribution in [3.05, 3.63) is 35.4 Å². The Balaban J connectivity index is 1.31. The number of hydrogen-bond acceptors (Lipinski definition) is 7. The summed E-state index contributed by atoms with van der Waals surface area (Å²) < 4.78 is 18.5. The van der Waals surface area contributed by atoms with Gasteiger partial charge in [-0.3, -0.25) is 4.79 Å². The van der Waals surface area contributed by atoms with Crippen LogP contribution < -0.4 is 19.9 Å². The third-order valence-electron chi connectivity index (χ3n) is 7.99. The Morgan fingerprint density at radius 1 is 0.737 bits per heavy atom. The molecule has 2 fully saturated rings. The van der Waals surface area contributed by atoms with Gasteiger partial charge in [-0.1, -0.05) is 25.0 Å². The third kappa shape index (κ3) is 5.94. The summed E-state index contributed by atoms with van der Waals surface area (Å²) in [5.74, 6) is 1.77. The highest BCUT2D eigenvalue weighted by Gasteiger charge is 2.36. The number of nitrogens with two attached hydrogens (primary N) is 1. The van der Waals surface area contributed by atoms with Gasteiger partial charge in [-0.2, -0.15) is 0 Å². The topological polar surface area (TPSA) is 77.3 Å². The number of anilines is 1. The van der Waals surface area contributed by atoms with Crippen LogP contribution in [0.3, 0.4) is 0 Å². The van der Waals surface area contributed by atoms with Crippen molar-refractivity contribution in [3.8, 4) is 28.4 Å². The summed E-state index contributed by atoms with van der Waals surface area (Å²) in [5.41, 5.74) is 9.59. The largest absolute Gasteiger partial charge is 0.493 e. The van der Waals surface area contributed by atoms with Crippen LogP contribution in [-0.2, 0) is 0 Å². The van der Waals surface area contributed by atoms with Crippen LogP contribution in [0.2, 0.25) is 0 Å². The van der Waals surface area contributed by atoms with Gasteiger partial charge in [0.2, 0.25) is 0 Å². The van der Waals surface area contributed by atoms with E-state index in [1.807, 2.05) is 31.2 Å². The standard InChI is InChI=1S/C31H43N3O4/c1-2-36-25-22-26(38-21-11-19-34-16-7-4-8-17-34)30(32)29-28(25)27-23(31(29)35)12-9-13-24(27)37-20-10-18-33-14-5-3-6-15-33/h9,12-13,22H,2-8,10-11,14-21,32H2,1H3. The van der Waals surface area contributed by atoms with Crippen molar-refractivity contribution in [2.24, 2.45) is 0 Å². The van der Waals surface area contributed by atoms with Gasteiger partial charge in [-0.25, -0.2) is 0 Å². The fourth-order valence-electron chi connectivity index (χ4n) is 6.06. The molecule has 38 heavy (non-hydrogen) atoms. The number of likely N-dealkylation sites (tertiary alicyclic amines) is 2. The van der Waals surface area contributed by atoms with Crippen LogP contribution in [-0.4, -0.2) is 74.7 Å². The molecule has 2 N–H and O–H groups in total. The van der Waals surface area contributed by atoms with E-state index in [0.29, 0.717) is 53.9 Å². The average molecular weight is 522 g/mol. The molecule has 0 spiro atoms. The van der Waals surface area contributed by atoms with Crippen LogP contribution in [0.15, 0.2) is 24.3 Å². The molecular formula is C31H43N3O4. The summed E-state index contributed by atoms with van der Waals surface area (Å²) in [5, 5.41) is 0. The van der Waals surface area contributed by atoms with Gasteiger partial charge in [0.15, 0.2) is 5.78 Å². The molecule has 2 aromatic carbocycles. The zero-order valence-electron chi connectivity index (χ0n) is 22.9. The first-order valence-electron chi connectivity index (χ1n) is 14.6. The summed E-state index contributed by atoms with van der Waals surface area (Å²) in [6.45, 7) is 10.4. The van der Waals surface area contributed by atoms with Crippen molar-refractivity contribution < 1.29 is 19.0 Å². The van der Waals surface area contributed by atoms with Crippen molar-refractivity contribution in [2.75, 3.05) is 64.8 Å². The second-order valence-electron chi connectivity index (χ2n) is 10.7. The zero-order valence-corrected chi connectivity index (χ0v) is 22.9. The number of carbonyl (C=O) groups excluding carboxylic acids is 1. The number of rotatable bonds is 12. The van der Waals surface area contributed by atoms with Crippen molar-refractivity contribution in [3.63, 3.8) is 0 Å². The smallest absolute Gasteiger partial charge is 0.196 e. The number of nitrogens with zero attached hydrogens (tertiary/aromatic N) is 2. The first-order chi connectivity index (χ1) is 18.7. The van der Waals surface area contributed by atoms with Crippen LogP contribution >= 0.6 is 0 Å². The summed E-state index contributed by atoms with van der Waals surface area (Å²) >= 11 is 0. The lowest BCUT2D eigenvalue weighted by molar-refractivity contribution is 0.104. The molecule has 5 rings (SSSR count). The summed E-state index contributed by atoms with van der Waals surface area (Å²) in [6, 6.07) is 7.54. The zero-order chi connectivity index (χ0) is 26.3. The second kappa shape index (κ2) is 12.9. The highest BCUT2D eigenvalue weighted by molar-refractivity contribution is 6.26. The normalized spacial score (nSPS) is 17.8. The SMILES string of the molecule is CCOc1cc(OCCCN2CCCCC2)c(N)c2c1-c1c(OCCCN3CCCCC3)cccc1C2=O. The molecule has 7 heteroatoms. The Morgan fingerprint density at radius 3 is 1.95 bits per heavy atom. The first-order valence-corrected chi connectivity index (χ1v) is 14.6. The van der Waals surface area contributed by atoms with Gasteiger partial charge in [0.25, 0.3) is 0 Å². The van der Waals surface area contributed by atoms with E-state index in [2.05, 4.69) is 9.80 Å². The van der Waals surface area contributed by atoms with E-state index in [1.165, 1.54) is 64.7 Å². The van der Waals surface area contributed by atoms with E-state index >= 15 is 0 Å². The van der Waals surface area contributed by atoms with E-state index < -0.39 is 0 Å². The fraction of sp³-hybridized carbons (Fsp3) is 0.581. The Morgan fingerprint density at radius 2 is 1.34 bits per heavy atom. The molecule has 0 radical (unpaired) electrons.